The van der Waals surface area contributed by atoms with Crippen LogP contribution in [0.1, 0.15) is 10.4 Å². The number of halogens is 1. The van der Waals surface area contributed by atoms with E-state index in [0.29, 0.717) is 21.8 Å². The molecule has 5 nitrogen and oxygen atoms in total. The van der Waals surface area contributed by atoms with E-state index in [4.69, 9.17) is 16.3 Å². The second kappa shape index (κ2) is 5.46. The quantitative estimate of drug-likeness (QED) is 0.237. The number of carbonyl (C=O) groups excluding carboxylic acids is 1. The lowest BCUT2D eigenvalue weighted by Crippen LogP contribution is -2.01. The van der Waals surface area contributed by atoms with E-state index in [1.165, 1.54) is 18.9 Å². The summed E-state index contributed by atoms with van der Waals surface area (Å²) < 4.78 is 4.71. The first-order valence-corrected chi connectivity index (χ1v) is 7.62. The Kier molecular flexibility index (Phi) is 3.65. The number of hydrogen-bond donors (Lipinski definition) is 0. The van der Waals surface area contributed by atoms with Crippen molar-refractivity contribution < 1.29 is 9.53 Å². The van der Waals surface area contributed by atoms with Crippen molar-refractivity contribution in [1.29, 1.82) is 0 Å². The van der Waals surface area contributed by atoms with Crippen LogP contribution >= 0.6 is 23.4 Å². The van der Waals surface area contributed by atoms with E-state index in [0.717, 1.165) is 10.8 Å². The molecule has 0 atom stereocenters. The average Bonchev–Trinajstić information content (AvgIpc) is 2.53. The van der Waals surface area contributed by atoms with Gasteiger partial charge in [-0.2, -0.15) is 0 Å². The topological polar surface area (TPSA) is 65.0 Å². The lowest BCUT2D eigenvalue weighted by atomic mass is 10.1. The summed E-state index contributed by atoms with van der Waals surface area (Å²) in [7, 11) is 1.34. The van der Waals surface area contributed by atoms with Crippen LogP contribution in [0, 0.1) is 0 Å². The lowest BCUT2D eigenvalue weighted by molar-refractivity contribution is 0.0601. The molecule has 7 heteroatoms. The maximum absolute atomic E-state index is 11.6. The summed E-state index contributed by atoms with van der Waals surface area (Å²) in [4.78, 5) is 24.5. The summed E-state index contributed by atoms with van der Waals surface area (Å²) in [5.74, 6) is -0.413. The molecular formula is C14H10ClN3O2S. The Morgan fingerprint density at radius 1 is 1.29 bits per heavy atom. The first-order chi connectivity index (χ1) is 10.1. The van der Waals surface area contributed by atoms with E-state index < -0.39 is 5.97 Å². The molecule has 0 amide bonds. The van der Waals surface area contributed by atoms with Gasteiger partial charge in [0.15, 0.2) is 10.3 Å². The van der Waals surface area contributed by atoms with E-state index in [-0.39, 0.29) is 5.15 Å². The molecule has 3 aromatic rings. The van der Waals surface area contributed by atoms with Crippen molar-refractivity contribution >= 4 is 51.1 Å². The number of esters is 1. The third-order valence-corrected chi connectivity index (χ3v) is 3.90. The third-order valence-electron chi connectivity index (χ3n) is 3.07. The maximum atomic E-state index is 11.6. The normalized spacial score (nSPS) is 11.0. The van der Waals surface area contributed by atoms with E-state index in [2.05, 4.69) is 15.0 Å². The van der Waals surface area contributed by atoms with Gasteiger partial charge in [-0.15, -0.1) is 0 Å². The fourth-order valence-electron chi connectivity index (χ4n) is 2.07. The summed E-state index contributed by atoms with van der Waals surface area (Å²) in [5, 5.41) is 2.57. The summed E-state index contributed by atoms with van der Waals surface area (Å²) in [6, 6.07) is 5.13. The van der Waals surface area contributed by atoms with Crippen molar-refractivity contribution in [2.75, 3.05) is 13.4 Å². The highest BCUT2D eigenvalue weighted by atomic mass is 35.5. The van der Waals surface area contributed by atoms with Gasteiger partial charge in [0.05, 0.1) is 18.2 Å². The van der Waals surface area contributed by atoms with Crippen LogP contribution in [0.2, 0.25) is 5.15 Å². The second-order valence-electron chi connectivity index (χ2n) is 4.25. The highest BCUT2D eigenvalue weighted by Crippen LogP contribution is 2.29. The number of benzene rings is 1. The molecule has 106 valence electrons. The highest BCUT2D eigenvalue weighted by molar-refractivity contribution is 7.98. The highest BCUT2D eigenvalue weighted by Gasteiger charge is 2.12. The Labute approximate surface area is 129 Å². The predicted octanol–water partition coefficient (Wildman–Crippen LogP) is 3.34. The lowest BCUT2D eigenvalue weighted by Gasteiger charge is -2.07. The molecule has 3 rings (SSSR count). The smallest absolute Gasteiger partial charge is 0.337 e. The molecule has 0 saturated heterocycles. The number of nitrogens with zero attached hydrogens (tertiary/aromatic N) is 3. The fraction of sp³-hybridized carbons (Fsp3) is 0.143. The molecule has 0 spiro atoms. The Balaban J connectivity index is 2.32. The van der Waals surface area contributed by atoms with Gasteiger partial charge >= 0.3 is 5.97 Å². The molecule has 0 aliphatic carbocycles. The molecular weight excluding hydrogens is 310 g/mol. The van der Waals surface area contributed by atoms with Crippen molar-refractivity contribution in [3.8, 4) is 0 Å². The van der Waals surface area contributed by atoms with E-state index in [9.17, 15) is 4.79 Å². The van der Waals surface area contributed by atoms with E-state index >= 15 is 0 Å². The molecule has 0 bridgehead atoms. The van der Waals surface area contributed by atoms with Gasteiger partial charge in [0.2, 0.25) is 0 Å². The molecule has 0 unspecified atom stereocenters. The molecule has 21 heavy (non-hydrogen) atoms. The van der Waals surface area contributed by atoms with Gasteiger partial charge in [0, 0.05) is 17.0 Å². The molecule has 2 aromatic heterocycles. The molecule has 0 N–H and O–H groups in total. The van der Waals surface area contributed by atoms with Crippen LogP contribution in [0.25, 0.3) is 21.8 Å². The molecule has 0 saturated carbocycles. The van der Waals surface area contributed by atoms with E-state index in [1.54, 1.807) is 24.4 Å². The number of aromatic nitrogens is 3. The monoisotopic (exact) mass is 319 g/mol. The van der Waals surface area contributed by atoms with Gasteiger partial charge in [-0.3, -0.25) is 0 Å². The Bertz CT molecular complexity index is 870. The zero-order valence-electron chi connectivity index (χ0n) is 11.3. The second-order valence-corrected chi connectivity index (χ2v) is 5.38. The SMILES string of the molecule is COC(=O)c1ccc2c(c1)nc(Cl)c1nc(SC)ncc12. The minimum absolute atomic E-state index is 0.289. The maximum Gasteiger partial charge on any atom is 0.337 e. The molecule has 2 heterocycles. The largest absolute Gasteiger partial charge is 0.465 e. The number of hydrogen-bond acceptors (Lipinski definition) is 6. The van der Waals surface area contributed by atoms with Crippen molar-refractivity contribution in [2.24, 2.45) is 0 Å². The number of rotatable bonds is 2. The summed E-state index contributed by atoms with van der Waals surface area (Å²) in [6.07, 6.45) is 3.62. The van der Waals surface area contributed by atoms with Crippen LogP contribution in [0.15, 0.2) is 29.6 Å². The van der Waals surface area contributed by atoms with Crippen LogP contribution in [-0.2, 0) is 4.74 Å². The van der Waals surface area contributed by atoms with Gasteiger partial charge in [-0.1, -0.05) is 29.4 Å². The standard InChI is InChI=1S/C14H10ClN3O2S/c1-20-13(19)7-3-4-8-9-6-16-14(21-2)18-11(9)12(15)17-10(8)5-7/h3-6H,1-2H3. The molecule has 0 aliphatic rings. The van der Waals surface area contributed by atoms with Gasteiger partial charge < -0.3 is 4.74 Å². The van der Waals surface area contributed by atoms with Crippen LogP contribution < -0.4 is 0 Å². The summed E-state index contributed by atoms with van der Waals surface area (Å²) in [6.45, 7) is 0. The third kappa shape index (κ3) is 2.41. The first-order valence-electron chi connectivity index (χ1n) is 6.02. The minimum Gasteiger partial charge on any atom is -0.465 e. The molecule has 0 radical (unpaired) electrons. The Morgan fingerprint density at radius 2 is 2.10 bits per heavy atom. The van der Waals surface area contributed by atoms with Gasteiger partial charge in [0.25, 0.3) is 0 Å². The minimum atomic E-state index is -0.413. The van der Waals surface area contributed by atoms with Crippen LogP contribution in [0.3, 0.4) is 0 Å². The zero-order chi connectivity index (χ0) is 15.0. The average molecular weight is 320 g/mol. The number of fused-ring (bicyclic) bond motifs is 3. The fourth-order valence-corrected chi connectivity index (χ4v) is 2.65. The van der Waals surface area contributed by atoms with Crippen molar-refractivity contribution in [1.82, 2.24) is 15.0 Å². The van der Waals surface area contributed by atoms with Gasteiger partial charge in [-0.25, -0.2) is 19.7 Å². The predicted molar refractivity (Wildman–Crippen MR) is 83.0 cm³/mol. The Morgan fingerprint density at radius 3 is 2.81 bits per heavy atom. The van der Waals surface area contributed by atoms with E-state index in [1.807, 2.05) is 6.26 Å². The number of pyridine rings is 1. The molecule has 0 fully saturated rings. The van der Waals surface area contributed by atoms with Crippen molar-refractivity contribution in [2.45, 2.75) is 5.16 Å². The summed E-state index contributed by atoms with van der Waals surface area (Å²) >= 11 is 7.64. The zero-order valence-corrected chi connectivity index (χ0v) is 12.8. The van der Waals surface area contributed by atoms with Crippen LogP contribution in [0.5, 0.6) is 0 Å². The van der Waals surface area contributed by atoms with Crippen molar-refractivity contribution in [3.05, 3.63) is 35.1 Å². The van der Waals surface area contributed by atoms with Crippen LogP contribution in [-0.4, -0.2) is 34.3 Å². The van der Waals surface area contributed by atoms with Crippen LogP contribution in [0.4, 0.5) is 0 Å². The van der Waals surface area contributed by atoms with Gasteiger partial charge in [0.1, 0.15) is 5.52 Å². The number of ether oxygens (including phenoxy) is 1. The number of thioether (sulfide) groups is 1. The summed E-state index contributed by atoms with van der Waals surface area (Å²) in [5.41, 5.74) is 1.64. The number of carbonyl (C=O) groups is 1. The number of methoxy groups -OCH3 is 1. The van der Waals surface area contributed by atoms with Crippen molar-refractivity contribution in [3.63, 3.8) is 0 Å². The van der Waals surface area contributed by atoms with Gasteiger partial charge in [-0.05, 0) is 18.4 Å². The molecule has 0 aliphatic heterocycles. The molecule has 1 aromatic carbocycles. The Hall–Kier alpha value is -1.92. The first kappa shape index (κ1) is 14.0.